The summed E-state index contributed by atoms with van der Waals surface area (Å²) in [5, 5.41) is 6.87. The van der Waals surface area contributed by atoms with Gasteiger partial charge in [-0.25, -0.2) is 9.97 Å². The molecule has 2 aromatic rings. The molecule has 2 saturated heterocycles. The molecular formula is C12H15N5. The normalized spacial score (nSPS) is 27.9. The van der Waals surface area contributed by atoms with Gasteiger partial charge in [-0.2, -0.15) is 5.10 Å². The van der Waals surface area contributed by atoms with Gasteiger partial charge in [0.1, 0.15) is 11.3 Å². The molecule has 0 radical (unpaired) electrons. The molecule has 2 fully saturated rings. The molecule has 4 rings (SSSR count). The lowest BCUT2D eigenvalue weighted by atomic mass is 10.0. The molecule has 0 unspecified atom stereocenters. The minimum absolute atomic E-state index is 0.684. The first kappa shape index (κ1) is 9.39. The molecule has 2 aromatic heterocycles. The molecule has 2 bridgehead atoms. The molecule has 2 aliphatic rings. The molecule has 1 N–H and O–H groups in total. The third-order valence-electron chi connectivity index (χ3n) is 4.10. The predicted octanol–water partition coefficient (Wildman–Crippen LogP) is 1.87. The Morgan fingerprint density at radius 1 is 1.12 bits per heavy atom. The standard InChI is InChI=1S/C12H15N5/c1-2-8-4-5-9(3-1)17(8)11-7-13-10-6-14-16-12(10)15-11/h6-9H,1-5H2,(H,14,15,16)/t8-,9+. The molecule has 2 aliphatic heterocycles. The van der Waals surface area contributed by atoms with Crippen molar-refractivity contribution < 1.29 is 0 Å². The Morgan fingerprint density at radius 2 is 1.94 bits per heavy atom. The van der Waals surface area contributed by atoms with E-state index in [4.69, 9.17) is 0 Å². The fraction of sp³-hybridized carbons (Fsp3) is 0.583. The van der Waals surface area contributed by atoms with E-state index in [1.165, 1.54) is 32.1 Å². The molecule has 5 nitrogen and oxygen atoms in total. The van der Waals surface area contributed by atoms with Crippen molar-refractivity contribution in [3.63, 3.8) is 0 Å². The molecule has 0 aliphatic carbocycles. The second-order valence-electron chi connectivity index (χ2n) is 5.06. The monoisotopic (exact) mass is 229 g/mol. The largest absolute Gasteiger partial charge is 0.349 e. The number of nitrogens with zero attached hydrogens (tertiary/aromatic N) is 4. The third-order valence-corrected chi connectivity index (χ3v) is 4.10. The van der Waals surface area contributed by atoms with Crippen molar-refractivity contribution in [2.45, 2.75) is 44.2 Å². The summed E-state index contributed by atoms with van der Waals surface area (Å²) in [6.07, 6.45) is 10.2. The van der Waals surface area contributed by atoms with Crippen LogP contribution in [0.15, 0.2) is 12.4 Å². The van der Waals surface area contributed by atoms with E-state index in [9.17, 15) is 0 Å². The molecule has 17 heavy (non-hydrogen) atoms. The topological polar surface area (TPSA) is 57.7 Å². The molecule has 5 heteroatoms. The van der Waals surface area contributed by atoms with E-state index in [-0.39, 0.29) is 0 Å². The van der Waals surface area contributed by atoms with Gasteiger partial charge in [-0.3, -0.25) is 5.10 Å². The summed E-state index contributed by atoms with van der Waals surface area (Å²) in [6, 6.07) is 1.37. The van der Waals surface area contributed by atoms with E-state index in [2.05, 4.69) is 25.1 Å². The van der Waals surface area contributed by atoms with Gasteiger partial charge in [0.25, 0.3) is 0 Å². The van der Waals surface area contributed by atoms with Gasteiger partial charge >= 0.3 is 0 Å². The average molecular weight is 229 g/mol. The lowest BCUT2D eigenvalue weighted by Crippen LogP contribution is -2.40. The maximum atomic E-state index is 4.65. The summed E-state index contributed by atoms with van der Waals surface area (Å²) in [6.45, 7) is 0. The Labute approximate surface area is 99.3 Å². The summed E-state index contributed by atoms with van der Waals surface area (Å²) < 4.78 is 0. The number of piperidine rings is 1. The van der Waals surface area contributed by atoms with Crippen LogP contribution in [0.4, 0.5) is 5.82 Å². The van der Waals surface area contributed by atoms with Crippen molar-refractivity contribution in [2.24, 2.45) is 0 Å². The van der Waals surface area contributed by atoms with Crippen LogP contribution in [0, 0.1) is 0 Å². The van der Waals surface area contributed by atoms with Gasteiger partial charge < -0.3 is 4.90 Å². The van der Waals surface area contributed by atoms with Crippen molar-refractivity contribution in [3.8, 4) is 0 Å². The lowest BCUT2D eigenvalue weighted by Gasteiger charge is -2.35. The van der Waals surface area contributed by atoms with Crippen LogP contribution in [-0.2, 0) is 0 Å². The SMILES string of the molecule is c1nc2cn[nH]c2nc1N1[C@@H]2CCC[C@H]1CC2. The summed E-state index contributed by atoms with van der Waals surface area (Å²) >= 11 is 0. The zero-order valence-corrected chi connectivity index (χ0v) is 9.63. The smallest absolute Gasteiger partial charge is 0.176 e. The van der Waals surface area contributed by atoms with Crippen LogP contribution in [0.5, 0.6) is 0 Å². The van der Waals surface area contributed by atoms with Gasteiger partial charge in [-0.1, -0.05) is 0 Å². The summed E-state index contributed by atoms with van der Waals surface area (Å²) in [5.74, 6) is 1.02. The number of rotatable bonds is 1. The fourth-order valence-corrected chi connectivity index (χ4v) is 3.34. The van der Waals surface area contributed by atoms with Gasteiger partial charge in [-0.05, 0) is 32.1 Å². The van der Waals surface area contributed by atoms with Crippen molar-refractivity contribution >= 4 is 17.0 Å². The van der Waals surface area contributed by atoms with Gasteiger partial charge in [-0.15, -0.1) is 0 Å². The van der Waals surface area contributed by atoms with Crippen LogP contribution in [-0.4, -0.2) is 32.2 Å². The van der Waals surface area contributed by atoms with E-state index >= 15 is 0 Å². The minimum Gasteiger partial charge on any atom is -0.349 e. The Kier molecular flexibility index (Phi) is 1.89. The van der Waals surface area contributed by atoms with E-state index in [0.717, 1.165) is 17.0 Å². The van der Waals surface area contributed by atoms with E-state index in [0.29, 0.717) is 12.1 Å². The first-order chi connectivity index (χ1) is 8.42. The number of hydrogen-bond acceptors (Lipinski definition) is 4. The number of aromatic nitrogens is 4. The number of hydrogen-bond donors (Lipinski definition) is 1. The van der Waals surface area contributed by atoms with Gasteiger partial charge in [0.15, 0.2) is 5.65 Å². The van der Waals surface area contributed by atoms with Crippen LogP contribution in [0.1, 0.15) is 32.1 Å². The minimum atomic E-state index is 0.684. The molecule has 88 valence electrons. The highest BCUT2D eigenvalue weighted by atomic mass is 15.3. The summed E-state index contributed by atoms with van der Waals surface area (Å²) in [4.78, 5) is 11.5. The zero-order chi connectivity index (χ0) is 11.2. The summed E-state index contributed by atoms with van der Waals surface area (Å²) in [5.41, 5.74) is 1.64. The third kappa shape index (κ3) is 1.34. The molecule has 0 spiro atoms. The van der Waals surface area contributed by atoms with Crippen molar-refractivity contribution in [1.82, 2.24) is 20.2 Å². The number of aromatic amines is 1. The highest BCUT2D eigenvalue weighted by molar-refractivity contribution is 5.70. The highest BCUT2D eigenvalue weighted by Gasteiger charge is 2.37. The molecule has 0 saturated carbocycles. The van der Waals surface area contributed by atoms with Crippen LogP contribution in [0.3, 0.4) is 0 Å². The van der Waals surface area contributed by atoms with E-state index in [1.54, 1.807) is 6.20 Å². The van der Waals surface area contributed by atoms with Gasteiger partial charge in [0.2, 0.25) is 0 Å². The Balaban J connectivity index is 1.78. The second kappa shape index (κ2) is 3.42. The Bertz CT molecular complexity index is 533. The maximum absolute atomic E-state index is 4.65. The molecule has 0 aromatic carbocycles. The molecule has 4 heterocycles. The molecule has 0 amide bonds. The molecule has 2 atom stereocenters. The van der Waals surface area contributed by atoms with Gasteiger partial charge in [0.05, 0.1) is 12.4 Å². The van der Waals surface area contributed by atoms with Crippen LogP contribution in [0.25, 0.3) is 11.2 Å². The van der Waals surface area contributed by atoms with Crippen LogP contribution in [0.2, 0.25) is 0 Å². The van der Waals surface area contributed by atoms with E-state index < -0.39 is 0 Å². The quantitative estimate of drug-likeness (QED) is 0.811. The summed E-state index contributed by atoms with van der Waals surface area (Å²) in [7, 11) is 0. The molecular weight excluding hydrogens is 214 g/mol. The first-order valence-corrected chi connectivity index (χ1v) is 6.36. The van der Waals surface area contributed by atoms with Crippen molar-refractivity contribution in [2.75, 3.05) is 4.90 Å². The number of fused-ring (bicyclic) bond motifs is 3. The fourth-order valence-electron chi connectivity index (χ4n) is 3.34. The first-order valence-electron chi connectivity index (χ1n) is 6.36. The Morgan fingerprint density at radius 3 is 2.76 bits per heavy atom. The zero-order valence-electron chi connectivity index (χ0n) is 9.63. The number of H-pyrrole nitrogens is 1. The second-order valence-corrected chi connectivity index (χ2v) is 5.06. The maximum Gasteiger partial charge on any atom is 0.176 e. The Hall–Kier alpha value is -1.65. The lowest BCUT2D eigenvalue weighted by molar-refractivity contribution is 0.464. The van der Waals surface area contributed by atoms with Crippen LogP contribution < -0.4 is 4.90 Å². The number of anilines is 1. The predicted molar refractivity (Wildman–Crippen MR) is 64.8 cm³/mol. The van der Waals surface area contributed by atoms with E-state index in [1.807, 2.05) is 6.20 Å². The van der Waals surface area contributed by atoms with Crippen LogP contribution >= 0.6 is 0 Å². The van der Waals surface area contributed by atoms with Crippen molar-refractivity contribution in [1.29, 1.82) is 0 Å². The average Bonchev–Trinajstić information content (AvgIpc) is 2.91. The highest BCUT2D eigenvalue weighted by Crippen LogP contribution is 2.38. The van der Waals surface area contributed by atoms with Gasteiger partial charge in [0, 0.05) is 12.1 Å². The number of nitrogens with one attached hydrogen (secondary N) is 1. The van der Waals surface area contributed by atoms with Crippen molar-refractivity contribution in [3.05, 3.63) is 12.4 Å².